The lowest BCUT2D eigenvalue weighted by atomic mass is 9.92. The molecule has 2 rings (SSSR count). The summed E-state index contributed by atoms with van der Waals surface area (Å²) < 4.78 is 10.4. The zero-order chi connectivity index (χ0) is 11.4. The lowest BCUT2D eigenvalue weighted by Crippen LogP contribution is -2.12. The van der Waals surface area contributed by atoms with Crippen LogP contribution in [0.25, 0.3) is 0 Å². The Labute approximate surface area is 94.7 Å². The van der Waals surface area contributed by atoms with Crippen molar-refractivity contribution < 1.29 is 14.6 Å². The zero-order valence-electron chi connectivity index (χ0n) is 8.93. The molecule has 0 bridgehead atoms. The van der Waals surface area contributed by atoms with Gasteiger partial charge in [-0.3, -0.25) is 0 Å². The lowest BCUT2D eigenvalue weighted by molar-refractivity contribution is 0.248. The first-order chi connectivity index (χ1) is 7.83. The fraction of sp³-hybridized carbons (Fsp3) is 0.231. The van der Waals surface area contributed by atoms with Crippen LogP contribution in [0.5, 0.6) is 0 Å². The summed E-state index contributed by atoms with van der Waals surface area (Å²) in [7, 11) is 0. The van der Waals surface area contributed by atoms with E-state index in [1.807, 2.05) is 12.2 Å². The van der Waals surface area contributed by atoms with Crippen LogP contribution in [-0.4, -0.2) is 11.2 Å². The summed E-state index contributed by atoms with van der Waals surface area (Å²) in [5.74, 6) is 0.655. The SMILES string of the molecule is C=CC(O)C1=C(C2=COC=CO2)CCC=C1. The number of allylic oxidation sites excluding steroid dienone is 2. The molecule has 0 aromatic rings. The van der Waals surface area contributed by atoms with Crippen molar-refractivity contribution in [2.45, 2.75) is 18.9 Å². The van der Waals surface area contributed by atoms with Crippen LogP contribution in [0.4, 0.5) is 0 Å². The van der Waals surface area contributed by atoms with Gasteiger partial charge in [0.2, 0.25) is 0 Å². The van der Waals surface area contributed by atoms with Gasteiger partial charge >= 0.3 is 0 Å². The van der Waals surface area contributed by atoms with Crippen molar-refractivity contribution in [1.29, 1.82) is 0 Å². The van der Waals surface area contributed by atoms with Crippen molar-refractivity contribution in [2.75, 3.05) is 0 Å². The van der Waals surface area contributed by atoms with Crippen LogP contribution in [0.15, 0.2) is 60.5 Å². The van der Waals surface area contributed by atoms with E-state index in [0.29, 0.717) is 5.76 Å². The van der Waals surface area contributed by atoms with Gasteiger partial charge in [-0.25, -0.2) is 0 Å². The Morgan fingerprint density at radius 3 is 3.00 bits per heavy atom. The molecule has 1 unspecified atom stereocenters. The first-order valence-electron chi connectivity index (χ1n) is 5.21. The Bertz CT molecular complexity index is 399. The van der Waals surface area contributed by atoms with Gasteiger partial charge in [-0.2, -0.15) is 0 Å². The summed E-state index contributed by atoms with van der Waals surface area (Å²) in [6.45, 7) is 3.59. The molecule has 1 aliphatic carbocycles. The molecule has 1 aliphatic heterocycles. The fourth-order valence-electron chi connectivity index (χ4n) is 1.76. The molecule has 0 aromatic heterocycles. The van der Waals surface area contributed by atoms with E-state index in [0.717, 1.165) is 24.0 Å². The van der Waals surface area contributed by atoms with Gasteiger partial charge < -0.3 is 14.6 Å². The highest BCUT2D eigenvalue weighted by molar-refractivity contribution is 5.43. The van der Waals surface area contributed by atoms with Gasteiger partial charge in [0, 0.05) is 5.57 Å². The van der Waals surface area contributed by atoms with Crippen molar-refractivity contribution in [1.82, 2.24) is 0 Å². The Hall–Kier alpha value is -1.74. The van der Waals surface area contributed by atoms with Crippen molar-refractivity contribution in [3.05, 3.63) is 60.5 Å². The molecule has 3 heteroatoms. The van der Waals surface area contributed by atoms with Crippen LogP contribution in [0, 0.1) is 0 Å². The maximum Gasteiger partial charge on any atom is 0.165 e. The summed E-state index contributed by atoms with van der Waals surface area (Å²) in [6.07, 6.45) is 11.0. The van der Waals surface area contributed by atoms with Crippen LogP contribution in [0.3, 0.4) is 0 Å². The van der Waals surface area contributed by atoms with Crippen LogP contribution < -0.4 is 0 Å². The molecule has 1 heterocycles. The van der Waals surface area contributed by atoms with Crippen molar-refractivity contribution in [2.24, 2.45) is 0 Å². The number of aliphatic hydroxyl groups excluding tert-OH is 1. The molecule has 0 aromatic carbocycles. The zero-order valence-corrected chi connectivity index (χ0v) is 8.93. The second-order valence-electron chi connectivity index (χ2n) is 3.56. The van der Waals surface area contributed by atoms with E-state index >= 15 is 0 Å². The first-order valence-corrected chi connectivity index (χ1v) is 5.21. The molecular weight excluding hydrogens is 204 g/mol. The van der Waals surface area contributed by atoms with Gasteiger partial charge in [0.25, 0.3) is 0 Å². The van der Waals surface area contributed by atoms with Crippen LogP contribution in [0.1, 0.15) is 12.8 Å². The highest BCUT2D eigenvalue weighted by atomic mass is 16.5. The van der Waals surface area contributed by atoms with Crippen LogP contribution >= 0.6 is 0 Å². The maximum atomic E-state index is 9.81. The second kappa shape index (κ2) is 4.86. The molecule has 0 saturated carbocycles. The number of rotatable bonds is 3. The Kier molecular flexibility index (Phi) is 3.27. The molecule has 1 N–H and O–H groups in total. The molecule has 16 heavy (non-hydrogen) atoms. The van der Waals surface area contributed by atoms with E-state index < -0.39 is 6.10 Å². The van der Waals surface area contributed by atoms with Crippen LogP contribution in [-0.2, 0) is 9.47 Å². The Balaban J connectivity index is 2.33. The average Bonchev–Trinajstić information content (AvgIpc) is 2.39. The minimum absolute atomic E-state index is 0.655. The van der Waals surface area contributed by atoms with Gasteiger partial charge in [-0.15, -0.1) is 6.58 Å². The summed E-state index contributed by atoms with van der Waals surface area (Å²) in [5, 5.41) is 9.81. The summed E-state index contributed by atoms with van der Waals surface area (Å²) in [5.41, 5.74) is 1.80. The second-order valence-corrected chi connectivity index (χ2v) is 3.56. The quantitative estimate of drug-likeness (QED) is 0.740. The normalized spacial score (nSPS) is 20.9. The van der Waals surface area contributed by atoms with E-state index in [2.05, 4.69) is 6.58 Å². The van der Waals surface area contributed by atoms with Gasteiger partial charge in [0.1, 0.15) is 18.8 Å². The molecule has 84 valence electrons. The van der Waals surface area contributed by atoms with E-state index in [-0.39, 0.29) is 0 Å². The standard InChI is InChI=1S/C13H14O3/c1-2-12(14)10-5-3-4-6-11(10)13-9-15-7-8-16-13/h2-3,5,7-9,12,14H,1,4,6H2. The van der Waals surface area contributed by atoms with Gasteiger partial charge in [-0.05, 0) is 18.4 Å². The topological polar surface area (TPSA) is 38.7 Å². The number of hydrogen-bond acceptors (Lipinski definition) is 3. The molecule has 0 amide bonds. The molecule has 0 spiro atoms. The van der Waals surface area contributed by atoms with E-state index in [4.69, 9.17) is 9.47 Å². The molecule has 3 nitrogen and oxygen atoms in total. The summed E-state index contributed by atoms with van der Waals surface area (Å²) in [6, 6.07) is 0. The van der Waals surface area contributed by atoms with E-state index in [1.54, 1.807) is 6.26 Å². The lowest BCUT2D eigenvalue weighted by Gasteiger charge is -2.20. The number of hydrogen-bond donors (Lipinski definition) is 1. The number of ether oxygens (including phenoxy) is 2. The molecule has 0 fully saturated rings. The number of aliphatic hydroxyl groups is 1. The predicted octanol–water partition coefficient (Wildman–Crippen LogP) is 2.54. The molecule has 1 atom stereocenters. The average molecular weight is 218 g/mol. The minimum Gasteiger partial charge on any atom is -0.466 e. The highest BCUT2D eigenvalue weighted by Gasteiger charge is 2.19. The molecule has 2 aliphatic rings. The molecule has 0 radical (unpaired) electrons. The van der Waals surface area contributed by atoms with Gasteiger partial charge in [0.05, 0.1) is 6.10 Å². The Morgan fingerprint density at radius 1 is 1.44 bits per heavy atom. The summed E-state index contributed by atoms with van der Waals surface area (Å²) >= 11 is 0. The summed E-state index contributed by atoms with van der Waals surface area (Å²) in [4.78, 5) is 0. The largest absolute Gasteiger partial charge is 0.466 e. The third kappa shape index (κ3) is 2.09. The highest BCUT2D eigenvalue weighted by Crippen LogP contribution is 2.29. The van der Waals surface area contributed by atoms with Crippen LogP contribution in [0.2, 0.25) is 0 Å². The Morgan fingerprint density at radius 2 is 2.31 bits per heavy atom. The smallest absolute Gasteiger partial charge is 0.165 e. The third-order valence-corrected chi connectivity index (χ3v) is 2.55. The third-order valence-electron chi connectivity index (χ3n) is 2.55. The van der Waals surface area contributed by atoms with E-state index in [9.17, 15) is 5.11 Å². The van der Waals surface area contributed by atoms with Crippen molar-refractivity contribution in [3.8, 4) is 0 Å². The molecule has 0 saturated heterocycles. The van der Waals surface area contributed by atoms with Crippen molar-refractivity contribution >= 4 is 0 Å². The predicted molar refractivity (Wildman–Crippen MR) is 61.0 cm³/mol. The molecular formula is C13H14O3. The maximum absolute atomic E-state index is 9.81. The van der Waals surface area contributed by atoms with Crippen molar-refractivity contribution in [3.63, 3.8) is 0 Å². The minimum atomic E-state index is -0.665. The first kappa shape index (κ1) is 10.8. The van der Waals surface area contributed by atoms with Gasteiger partial charge in [0.15, 0.2) is 5.76 Å². The fourth-order valence-corrected chi connectivity index (χ4v) is 1.76. The monoisotopic (exact) mass is 218 g/mol. The van der Waals surface area contributed by atoms with E-state index in [1.165, 1.54) is 18.6 Å². The van der Waals surface area contributed by atoms with Gasteiger partial charge in [-0.1, -0.05) is 18.2 Å².